The molecule has 0 saturated carbocycles. The SMILES string of the molecule is CCOC(=O)CCCCCO[C@H]1CCCCO1. The topological polar surface area (TPSA) is 44.8 Å². The highest BCUT2D eigenvalue weighted by Gasteiger charge is 2.13. The average Bonchev–Trinajstić information content (AvgIpc) is 2.35. The maximum absolute atomic E-state index is 11.0. The summed E-state index contributed by atoms with van der Waals surface area (Å²) in [6, 6.07) is 0. The first-order valence-corrected chi connectivity index (χ1v) is 6.71. The van der Waals surface area contributed by atoms with Gasteiger partial charge in [0.2, 0.25) is 0 Å². The van der Waals surface area contributed by atoms with E-state index >= 15 is 0 Å². The van der Waals surface area contributed by atoms with E-state index in [2.05, 4.69) is 0 Å². The van der Waals surface area contributed by atoms with E-state index in [4.69, 9.17) is 14.2 Å². The van der Waals surface area contributed by atoms with Crippen molar-refractivity contribution >= 4 is 5.97 Å². The summed E-state index contributed by atoms with van der Waals surface area (Å²) < 4.78 is 15.9. The highest BCUT2D eigenvalue weighted by Crippen LogP contribution is 2.14. The number of hydrogen-bond acceptors (Lipinski definition) is 4. The van der Waals surface area contributed by atoms with Crippen LogP contribution in [0.15, 0.2) is 0 Å². The first-order valence-electron chi connectivity index (χ1n) is 6.71. The maximum Gasteiger partial charge on any atom is 0.305 e. The van der Waals surface area contributed by atoms with E-state index < -0.39 is 0 Å². The van der Waals surface area contributed by atoms with Gasteiger partial charge >= 0.3 is 5.97 Å². The van der Waals surface area contributed by atoms with Gasteiger partial charge in [0.1, 0.15) is 0 Å². The van der Waals surface area contributed by atoms with Crippen molar-refractivity contribution in [3.63, 3.8) is 0 Å². The number of carbonyl (C=O) groups is 1. The normalized spacial score (nSPS) is 20.2. The van der Waals surface area contributed by atoms with E-state index in [1.165, 1.54) is 6.42 Å². The molecule has 1 rings (SSSR count). The van der Waals surface area contributed by atoms with Crippen LogP contribution in [-0.4, -0.2) is 32.1 Å². The van der Waals surface area contributed by atoms with Crippen LogP contribution in [0.3, 0.4) is 0 Å². The summed E-state index contributed by atoms with van der Waals surface area (Å²) in [5, 5.41) is 0. The fraction of sp³-hybridized carbons (Fsp3) is 0.923. The average molecular weight is 244 g/mol. The molecule has 0 aromatic rings. The molecule has 17 heavy (non-hydrogen) atoms. The molecule has 0 amide bonds. The van der Waals surface area contributed by atoms with E-state index in [0.717, 1.165) is 45.3 Å². The summed E-state index contributed by atoms with van der Waals surface area (Å²) in [6.45, 7) is 3.86. The van der Waals surface area contributed by atoms with Crippen LogP contribution in [0.5, 0.6) is 0 Å². The van der Waals surface area contributed by atoms with E-state index in [1.54, 1.807) is 0 Å². The Balaban J connectivity index is 1.85. The predicted molar refractivity (Wildman–Crippen MR) is 64.6 cm³/mol. The number of hydrogen-bond donors (Lipinski definition) is 0. The standard InChI is InChI=1S/C13H24O4/c1-2-15-12(14)8-4-3-6-10-16-13-9-5-7-11-17-13/h13H,2-11H2,1H3/t13-/m1/s1. The van der Waals surface area contributed by atoms with Gasteiger partial charge in [-0.1, -0.05) is 6.42 Å². The minimum absolute atomic E-state index is 0.00815. The van der Waals surface area contributed by atoms with Gasteiger partial charge in [0.15, 0.2) is 6.29 Å². The monoisotopic (exact) mass is 244 g/mol. The van der Waals surface area contributed by atoms with Gasteiger partial charge in [-0.25, -0.2) is 0 Å². The summed E-state index contributed by atoms with van der Waals surface area (Å²) >= 11 is 0. The molecule has 0 aliphatic carbocycles. The lowest BCUT2D eigenvalue weighted by atomic mass is 10.2. The second kappa shape index (κ2) is 9.42. The molecule has 1 saturated heterocycles. The second-order valence-electron chi connectivity index (χ2n) is 4.28. The fourth-order valence-electron chi connectivity index (χ4n) is 1.84. The molecule has 0 bridgehead atoms. The largest absolute Gasteiger partial charge is 0.466 e. The van der Waals surface area contributed by atoms with Crippen molar-refractivity contribution in [3.8, 4) is 0 Å². The Kier molecular flexibility index (Phi) is 8.01. The van der Waals surface area contributed by atoms with Crippen LogP contribution in [0.25, 0.3) is 0 Å². The Morgan fingerprint density at radius 2 is 2.18 bits per heavy atom. The number of esters is 1. The van der Waals surface area contributed by atoms with E-state index in [-0.39, 0.29) is 12.3 Å². The first-order chi connectivity index (χ1) is 8.33. The molecule has 0 aromatic heterocycles. The van der Waals surface area contributed by atoms with Crippen LogP contribution in [0.4, 0.5) is 0 Å². The Bertz CT molecular complexity index is 200. The van der Waals surface area contributed by atoms with E-state index in [9.17, 15) is 4.79 Å². The third-order valence-electron chi connectivity index (χ3n) is 2.77. The maximum atomic E-state index is 11.0. The van der Waals surface area contributed by atoms with Gasteiger partial charge in [-0.15, -0.1) is 0 Å². The van der Waals surface area contributed by atoms with Gasteiger partial charge in [0.25, 0.3) is 0 Å². The Hall–Kier alpha value is -0.610. The molecule has 1 fully saturated rings. The molecule has 0 N–H and O–H groups in total. The molecule has 0 radical (unpaired) electrons. The van der Waals surface area contributed by atoms with Gasteiger partial charge in [0, 0.05) is 19.6 Å². The molecule has 1 heterocycles. The Labute approximate surface area is 104 Å². The predicted octanol–water partition coefficient (Wildman–Crippen LogP) is 2.65. The number of rotatable bonds is 8. The van der Waals surface area contributed by atoms with Crippen molar-refractivity contribution < 1.29 is 19.0 Å². The molecule has 100 valence electrons. The minimum Gasteiger partial charge on any atom is -0.466 e. The van der Waals surface area contributed by atoms with Gasteiger partial charge in [-0.3, -0.25) is 4.79 Å². The summed E-state index contributed by atoms with van der Waals surface area (Å²) in [5.41, 5.74) is 0. The molecule has 4 nitrogen and oxygen atoms in total. The molecule has 0 unspecified atom stereocenters. The molecular formula is C13H24O4. The lowest BCUT2D eigenvalue weighted by Crippen LogP contribution is -2.22. The van der Waals surface area contributed by atoms with Crippen LogP contribution in [0.2, 0.25) is 0 Å². The van der Waals surface area contributed by atoms with Crippen LogP contribution in [0, 0.1) is 0 Å². The van der Waals surface area contributed by atoms with Crippen molar-refractivity contribution in [3.05, 3.63) is 0 Å². The minimum atomic E-state index is -0.0935. The number of unbranched alkanes of at least 4 members (excludes halogenated alkanes) is 2. The molecule has 1 atom stereocenters. The second-order valence-corrected chi connectivity index (χ2v) is 4.28. The summed E-state index contributed by atoms with van der Waals surface area (Å²) in [4.78, 5) is 11.0. The van der Waals surface area contributed by atoms with Crippen molar-refractivity contribution in [2.24, 2.45) is 0 Å². The third-order valence-corrected chi connectivity index (χ3v) is 2.77. The van der Waals surface area contributed by atoms with E-state index in [0.29, 0.717) is 13.0 Å². The molecule has 1 aliphatic rings. The molecular weight excluding hydrogens is 220 g/mol. The van der Waals surface area contributed by atoms with Gasteiger partial charge in [-0.05, 0) is 39.0 Å². The summed E-state index contributed by atoms with van der Waals surface area (Å²) in [7, 11) is 0. The molecule has 1 aliphatic heterocycles. The smallest absolute Gasteiger partial charge is 0.305 e. The molecule has 0 aromatic carbocycles. The Morgan fingerprint density at radius 3 is 2.88 bits per heavy atom. The summed E-state index contributed by atoms with van der Waals surface area (Å²) in [5.74, 6) is -0.0935. The van der Waals surface area contributed by atoms with Gasteiger partial charge in [-0.2, -0.15) is 0 Å². The van der Waals surface area contributed by atoms with Crippen LogP contribution in [0.1, 0.15) is 51.9 Å². The van der Waals surface area contributed by atoms with Crippen molar-refractivity contribution in [1.29, 1.82) is 0 Å². The highest BCUT2D eigenvalue weighted by molar-refractivity contribution is 5.69. The highest BCUT2D eigenvalue weighted by atomic mass is 16.7. The zero-order valence-corrected chi connectivity index (χ0v) is 10.8. The Morgan fingerprint density at radius 1 is 1.29 bits per heavy atom. The summed E-state index contributed by atoms with van der Waals surface area (Å²) in [6.07, 6.45) is 6.77. The third kappa shape index (κ3) is 7.34. The zero-order valence-electron chi connectivity index (χ0n) is 10.8. The van der Waals surface area contributed by atoms with Crippen LogP contribution < -0.4 is 0 Å². The molecule has 0 spiro atoms. The fourth-order valence-corrected chi connectivity index (χ4v) is 1.84. The van der Waals surface area contributed by atoms with Crippen molar-refractivity contribution in [2.75, 3.05) is 19.8 Å². The first kappa shape index (κ1) is 14.5. The van der Waals surface area contributed by atoms with Crippen LogP contribution >= 0.6 is 0 Å². The lowest BCUT2D eigenvalue weighted by molar-refractivity contribution is -0.163. The van der Waals surface area contributed by atoms with Gasteiger partial charge in [0.05, 0.1) is 6.61 Å². The zero-order chi connectivity index (χ0) is 12.3. The quantitative estimate of drug-likeness (QED) is 0.486. The van der Waals surface area contributed by atoms with E-state index in [1.807, 2.05) is 6.92 Å². The van der Waals surface area contributed by atoms with Gasteiger partial charge < -0.3 is 14.2 Å². The van der Waals surface area contributed by atoms with Crippen LogP contribution in [-0.2, 0) is 19.0 Å². The van der Waals surface area contributed by atoms with Crippen molar-refractivity contribution in [2.45, 2.75) is 58.2 Å². The lowest BCUT2D eigenvalue weighted by Gasteiger charge is -2.22. The molecule has 4 heteroatoms. The van der Waals surface area contributed by atoms with Crippen molar-refractivity contribution in [1.82, 2.24) is 0 Å². The number of ether oxygens (including phenoxy) is 3. The number of carbonyl (C=O) groups excluding carboxylic acids is 1.